The number of ether oxygens (including phenoxy) is 2. The van der Waals surface area contributed by atoms with Crippen LogP contribution >= 0.6 is 0 Å². The molecule has 21 heavy (non-hydrogen) atoms. The Hall–Kier alpha value is -2.27. The van der Waals surface area contributed by atoms with Gasteiger partial charge in [0.05, 0.1) is 26.3 Å². The van der Waals surface area contributed by atoms with E-state index in [2.05, 4.69) is 10.1 Å². The highest BCUT2D eigenvalue weighted by Gasteiger charge is 2.09. The number of furan rings is 1. The van der Waals surface area contributed by atoms with Crippen LogP contribution < -0.4 is 10.1 Å². The fraction of sp³-hybridized carbons (Fsp3) is 0.312. The third-order valence-electron chi connectivity index (χ3n) is 3.14. The number of para-hydroxylation sites is 1. The first-order valence-corrected chi connectivity index (χ1v) is 6.73. The van der Waals surface area contributed by atoms with Gasteiger partial charge in [-0.15, -0.1) is 0 Å². The molecular formula is C16H19NO4. The lowest BCUT2D eigenvalue weighted by atomic mass is 10.1. The molecule has 0 bridgehead atoms. The van der Waals surface area contributed by atoms with Crippen molar-refractivity contribution in [3.63, 3.8) is 0 Å². The van der Waals surface area contributed by atoms with Crippen LogP contribution in [-0.4, -0.2) is 26.7 Å². The number of hydrogen-bond acceptors (Lipinski definition) is 5. The molecule has 2 rings (SSSR count). The molecule has 0 fully saturated rings. The van der Waals surface area contributed by atoms with E-state index < -0.39 is 0 Å². The first-order chi connectivity index (χ1) is 10.2. The van der Waals surface area contributed by atoms with E-state index in [4.69, 9.17) is 9.15 Å². The lowest BCUT2D eigenvalue weighted by Gasteiger charge is -2.08. The number of nitrogens with one attached hydrogen (secondary N) is 1. The van der Waals surface area contributed by atoms with Crippen LogP contribution in [-0.2, 0) is 17.7 Å². The van der Waals surface area contributed by atoms with Crippen LogP contribution in [0.4, 0.5) is 0 Å². The van der Waals surface area contributed by atoms with Crippen LogP contribution in [0, 0.1) is 0 Å². The Morgan fingerprint density at radius 1 is 1.29 bits per heavy atom. The fourth-order valence-electron chi connectivity index (χ4n) is 2.04. The highest BCUT2D eigenvalue weighted by Crippen LogP contribution is 2.17. The molecule has 0 amide bonds. The molecule has 112 valence electrons. The maximum atomic E-state index is 11.3. The molecule has 1 N–H and O–H groups in total. The summed E-state index contributed by atoms with van der Waals surface area (Å²) >= 11 is 0. The second kappa shape index (κ2) is 7.50. The molecule has 0 spiro atoms. The van der Waals surface area contributed by atoms with Crippen molar-refractivity contribution >= 4 is 5.97 Å². The van der Waals surface area contributed by atoms with Gasteiger partial charge in [0.2, 0.25) is 0 Å². The summed E-state index contributed by atoms with van der Waals surface area (Å²) in [6.07, 6.45) is 2.26. The predicted molar refractivity (Wildman–Crippen MR) is 78.5 cm³/mol. The Morgan fingerprint density at radius 2 is 2.10 bits per heavy atom. The molecule has 0 aliphatic rings. The molecule has 1 aromatic carbocycles. The van der Waals surface area contributed by atoms with Crippen molar-refractivity contribution in [2.24, 2.45) is 0 Å². The first-order valence-electron chi connectivity index (χ1n) is 6.73. The van der Waals surface area contributed by atoms with Crippen LogP contribution in [0.5, 0.6) is 5.75 Å². The van der Waals surface area contributed by atoms with E-state index in [0.717, 1.165) is 24.3 Å². The van der Waals surface area contributed by atoms with Gasteiger partial charge in [-0.1, -0.05) is 18.2 Å². The minimum atomic E-state index is -0.390. The molecular weight excluding hydrogens is 270 g/mol. The molecule has 0 aliphatic carbocycles. The maximum Gasteiger partial charge on any atom is 0.341 e. The van der Waals surface area contributed by atoms with E-state index in [0.29, 0.717) is 17.9 Å². The van der Waals surface area contributed by atoms with Gasteiger partial charge < -0.3 is 19.2 Å². The summed E-state index contributed by atoms with van der Waals surface area (Å²) < 4.78 is 15.2. The van der Waals surface area contributed by atoms with Crippen LogP contribution in [0.2, 0.25) is 0 Å². The molecule has 0 atom stereocenters. The average molecular weight is 289 g/mol. The van der Waals surface area contributed by atoms with Gasteiger partial charge in [-0.05, 0) is 30.7 Å². The lowest BCUT2D eigenvalue weighted by molar-refractivity contribution is 0.0600. The van der Waals surface area contributed by atoms with E-state index in [1.807, 2.05) is 24.3 Å². The van der Waals surface area contributed by atoms with E-state index in [9.17, 15) is 4.79 Å². The lowest BCUT2D eigenvalue weighted by Crippen LogP contribution is -2.16. The zero-order valence-electron chi connectivity index (χ0n) is 12.2. The number of benzene rings is 1. The smallest absolute Gasteiger partial charge is 0.341 e. The zero-order chi connectivity index (χ0) is 15.1. The molecule has 2 aromatic rings. The van der Waals surface area contributed by atoms with Crippen LogP contribution in [0.25, 0.3) is 0 Å². The topological polar surface area (TPSA) is 60.7 Å². The minimum absolute atomic E-state index is 0.390. The van der Waals surface area contributed by atoms with Gasteiger partial charge >= 0.3 is 5.97 Å². The Kier molecular flexibility index (Phi) is 5.40. The molecule has 5 heteroatoms. The Morgan fingerprint density at radius 3 is 2.86 bits per heavy atom. The fourth-order valence-corrected chi connectivity index (χ4v) is 2.04. The van der Waals surface area contributed by atoms with Gasteiger partial charge in [0.1, 0.15) is 17.8 Å². The molecule has 1 aromatic heterocycles. The molecule has 1 heterocycles. The molecule has 0 saturated heterocycles. The second-order valence-corrected chi connectivity index (χ2v) is 4.53. The molecule has 0 saturated carbocycles. The summed E-state index contributed by atoms with van der Waals surface area (Å²) in [5, 5.41) is 3.27. The molecule has 5 nitrogen and oxygen atoms in total. The average Bonchev–Trinajstić information content (AvgIpc) is 3.00. The molecule has 0 radical (unpaired) electrons. The van der Waals surface area contributed by atoms with Gasteiger partial charge in [0.15, 0.2) is 0 Å². The normalized spacial score (nSPS) is 10.4. The zero-order valence-corrected chi connectivity index (χ0v) is 12.2. The van der Waals surface area contributed by atoms with Crippen molar-refractivity contribution in [1.82, 2.24) is 5.32 Å². The van der Waals surface area contributed by atoms with Gasteiger partial charge in [0.25, 0.3) is 0 Å². The summed E-state index contributed by atoms with van der Waals surface area (Å²) in [7, 11) is 3.02. The summed E-state index contributed by atoms with van der Waals surface area (Å²) in [5.41, 5.74) is 1.58. The van der Waals surface area contributed by atoms with Crippen LogP contribution in [0.15, 0.2) is 41.0 Å². The number of carbonyl (C=O) groups is 1. The number of rotatable bonds is 7. The minimum Gasteiger partial charge on any atom is -0.496 e. The SMILES string of the molecule is COC(=O)c1coc(CNCCc2ccccc2OC)c1. The van der Waals surface area contributed by atoms with Gasteiger partial charge in [-0.3, -0.25) is 0 Å². The quantitative estimate of drug-likeness (QED) is 0.626. The number of methoxy groups -OCH3 is 2. The van der Waals surface area contributed by atoms with Gasteiger partial charge in [0, 0.05) is 0 Å². The predicted octanol–water partition coefficient (Wildman–Crippen LogP) is 2.41. The highest BCUT2D eigenvalue weighted by molar-refractivity contribution is 5.88. The third kappa shape index (κ3) is 4.10. The number of carbonyl (C=O) groups excluding carboxylic acids is 1. The summed E-state index contributed by atoms with van der Waals surface area (Å²) in [6, 6.07) is 9.62. The third-order valence-corrected chi connectivity index (χ3v) is 3.14. The second-order valence-electron chi connectivity index (χ2n) is 4.53. The summed E-state index contributed by atoms with van der Waals surface area (Å²) in [5.74, 6) is 1.21. The van der Waals surface area contributed by atoms with Gasteiger partial charge in [-0.2, -0.15) is 0 Å². The summed E-state index contributed by atoms with van der Waals surface area (Å²) in [4.78, 5) is 11.3. The van der Waals surface area contributed by atoms with Crippen molar-refractivity contribution in [2.75, 3.05) is 20.8 Å². The Labute approximate surface area is 123 Å². The van der Waals surface area contributed by atoms with Crippen molar-refractivity contribution in [3.05, 3.63) is 53.5 Å². The van der Waals surface area contributed by atoms with Crippen molar-refractivity contribution in [2.45, 2.75) is 13.0 Å². The number of hydrogen-bond donors (Lipinski definition) is 1. The van der Waals surface area contributed by atoms with Crippen molar-refractivity contribution in [3.8, 4) is 5.75 Å². The van der Waals surface area contributed by atoms with Gasteiger partial charge in [-0.25, -0.2) is 4.79 Å². The standard InChI is InChI=1S/C16H19NO4/c1-19-15-6-4-3-5-12(15)7-8-17-10-14-9-13(11-21-14)16(18)20-2/h3-6,9,11,17H,7-8,10H2,1-2H3. The van der Waals surface area contributed by atoms with Crippen LogP contribution in [0.1, 0.15) is 21.7 Å². The Balaban J connectivity index is 1.79. The highest BCUT2D eigenvalue weighted by atomic mass is 16.5. The Bertz CT molecular complexity index is 591. The maximum absolute atomic E-state index is 11.3. The largest absolute Gasteiger partial charge is 0.496 e. The molecule has 0 unspecified atom stereocenters. The first kappa shape index (κ1) is 15.1. The summed E-state index contributed by atoms with van der Waals surface area (Å²) in [6.45, 7) is 1.35. The van der Waals surface area contributed by atoms with E-state index >= 15 is 0 Å². The monoisotopic (exact) mass is 289 g/mol. The van der Waals surface area contributed by atoms with E-state index in [-0.39, 0.29) is 5.97 Å². The number of esters is 1. The van der Waals surface area contributed by atoms with Crippen molar-refractivity contribution < 1.29 is 18.7 Å². The van der Waals surface area contributed by atoms with E-state index in [1.165, 1.54) is 13.4 Å². The van der Waals surface area contributed by atoms with Crippen LogP contribution in [0.3, 0.4) is 0 Å². The molecule has 0 aliphatic heterocycles. The van der Waals surface area contributed by atoms with Crippen molar-refractivity contribution in [1.29, 1.82) is 0 Å². The van der Waals surface area contributed by atoms with E-state index in [1.54, 1.807) is 13.2 Å².